The second kappa shape index (κ2) is 5.23. The van der Waals surface area contributed by atoms with Crippen LogP contribution < -0.4 is 10.0 Å². The Morgan fingerprint density at radius 3 is 2.68 bits per heavy atom. The molecule has 0 amide bonds. The summed E-state index contributed by atoms with van der Waals surface area (Å²) in [5.41, 5.74) is 1.23. The van der Waals surface area contributed by atoms with Crippen LogP contribution in [0.25, 0.3) is 0 Å². The van der Waals surface area contributed by atoms with Crippen LogP contribution in [0.4, 0.5) is 0 Å². The van der Waals surface area contributed by atoms with Crippen molar-refractivity contribution in [1.29, 1.82) is 0 Å². The SMILES string of the molecule is O=S(=O)(NC1CC1c1ccccc1)C1CCCNC1. The van der Waals surface area contributed by atoms with E-state index in [0.717, 1.165) is 25.8 Å². The van der Waals surface area contributed by atoms with Crippen molar-refractivity contribution in [1.82, 2.24) is 10.0 Å². The first-order valence-corrected chi connectivity index (χ1v) is 8.48. The molecule has 19 heavy (non-hydrogen) atoms. The minimum atomic E-state index is -3.17. The normalized spacial score (nSPS) is 31.1. The molecular formula is C14H20N2O2S. The summed E-state index contributed by atoms with van der Waals surface area (Å²) in [7, 11) is -3.17. The molecule has 1 aliphatic carbocycles. The van der Waals surface area contributed by atoms with Crippen molar-refractivity contribution in [2.45, 2.75) is 36.5 Å². The van der Waals surface area contributed by atoms with Crippen molar-refractivity contribution in [2.75, 3.05) is 13.1 Å². The van der Waals surface area contributed by atoms with Crippen molar-refractivity contribution >= 4 is 10.0 Å². The Morgan fingerprint density at radius 1 is 1.21 bits per heavy atom. The first-order valence-electron chi connectivity index (χ1n) is 6.93. The Bertz CT molecular complexity index is 524. The van der Waals surface area contributed by atoms with Crippen LogP contribution in [0.1, 0.15) is 30.7 Å². The number of benzene rings is 1. The van der Waals surface area contributed by atoms with Gasteiger partial charge in [0, 0.05) is 18.5 Å². The van der Waals surface area contributed by atoms with E-state index in [-0.39, 0.29) is 11.3 Å². The van der Waals surface area contributed by atoms with Crippen LogP contribution in [0.3, 0.4) is 0 Å². The third kappa shape index (κ3) is 2.99. The van der Waals surface area contributed by atoms with Gasteiger partial charge in [-0.2, -0.15) is 0 Å². The molecule has 2 aliphatic rings. The van der Waals surface area contributed by atoms with E-state index in [1.54, 1.807) is 0 Å². The Balaban J connectivity index is 1.61. The van der Waals surface area contributed by atoms with Gasteiger partial charge in [-0.1, -0.05) is 30.3 Å². The number of hydrogen-bond donors (Lipinski definition) is 2. The highest BCUT2D eigenvalue weighted by Crippen LogP contribution is 2.41. The molecule has 1 aliphatic heterocycles. The highest BCUT2D eigenvalue weighted by molar-refractivity contribution is 7.90. The van der Waals surface area contributed by atoms with Gasteiger partial charge in [0.15, 0.2) is 0 Å². The quantitative estimate of drug-likeness (QED) is 0.871. The van der Waals surface area contributed by atoms with Crippen molar-refractivity contribution in [3.05, 3.63) is 35.9 Å². The number of hydrogen-bond acceptors (Lipinski definition) is 3. The van der Waals surface area contributed by atoms with Crippen molar-refractivity contribution < 1.29 is 8.42 Å². The molecule has 0 spiro atoms. The largest absolute Gasteiger partial charge is 0.315 e. The van der Waals surface area contributed by atoms with E-state index in [1.807, 2.05) is 18.2 Å². The van der Waals surface area contributed by atoms with E-state index in [0.29, 0.717) is 12.5 Å². The van der Waals surface area contributed by atoms with E-state index in [9.17, 15) is 8.42 Å². The molecular weight excluding hydrogens is 260 g/mol. The average molecular weight is 280 g/mol. The number of rotatable bonds is 4. The lowest BCUT2D eigenvalue weighted by molar-refractivity contribution is 0.489. The van der Waals surface area contributed by atoms with Crippen molar-refractivity contribution in [2.24, 2.45) is 0 Å². The van der Waals surface area contributed by atoms with Crippen molar-refractivity contribution in [3.8, 4) is 0 Å². The molecule has 0 bridgehead atoms. The lowest BCUT2D eigenvalue weighted by Gasteiger charge is -2.23. The first kappa shape index (κ1) is 13.1. The zero-order valence-electron chi connectivity index (χ0n) is 10.9. The highest BCUT2D eigenvalue weighted by Gasteiger charge is 2.42. The third-order valence-electron chi connectivity index (χ3n) is 4.02. The highest BCUT2D eigenvalue weighted by atomic mass is 32.2. The summed E-state index contributed by atoms with van der Waals surface area (Å²) in [5.74, 6) is 0.354. The molecule has 1 heterocycles. The van der Waals surface area contributed by atoms with Gasteiger partial charge in [0.05, 0.1) is 5.25 Å². The standard InChI is InChI=1S/C14H20N2O2S/c17-19(18,12-7-4-8-15-10-12)16-14-9-13(14)11-5-2-1-3-6-11/h1-3,5-6,12-16H,4,7-10H2. The Kier molecular flexibility index (Phi) is 3.60. The lowest BCUT2D eigenvalue weighted by atomic mass is 10.1. The van der Waals surface area contributed by atoms with E-state index in [4.69, 9.17) is 0 Å². The third-order valence-corrected chi connectivity index (χ3v) is 5.94. The second-order valence-corrected chi connectivity index (χ2v) is 7.48. The number of nitrogens with one attached hydrogen (secondary N) is 2. The number of piperidine rings is 1. The molecule has 1 saturated carbocycles. The van der Waals surface area contributed by atoms with E-state index < -0.39 is 10.0 Å². The minimum absolute atomic E-state index is 0.0920. The molecule has 1 aromatic carbocycles. The molecule has 5 heteroatoms. The summed E-state index contributed by atoms with van der Waals surface area (Å²) in [6.07, 6.45) is 2.63. The zero-order valence-corrected chi connectivity index (χ0v) is 11.7. The van der Waals surface area contributed by atoms with Gasteiger partial charge in [-0.05, 0) is 31.4 Å². The van der Waals surface area contributed by atoms with E-state index in [2.05, 4.69) is 22.2 Å². The van der Waals surface area contributed by atoms with Crippen LogP contribution in [-0.4, -0.2) is 32.8 Å². The maximum atomic E-state index is 12.3. The molecule has 2 fully saturated rings. The van der Waals surface area contributed by atoms with Crippen LogP contribution in [0, 0.1) is 0 Å². The second-order valence-electron chi connectivity index (χ2n) is 5.49. The van der Waals surface area contributed by atoms with Crippen molar-refractivity contribution in [3.63, 3.8) is 0 Å². The van der Waals surface area contributed by atoms with Gasteiger partial charge in [-0.15, -0.1) is 0 Å². The maximum Gasteiger partial charge on any atom is 0.216 e. The summed E-state index contributed by atoms with van der Waals surface area (Å²) in [4.78, 5) is 0. The first-order chi connectivity index (χ1) is 9.17. The molecule has 104 valence electrons. The van der Waals surface area contributed by atoms with Gasteiger partial charge in [0.25, 0.3) is 0 Å². The molecule has 3 atom stereocenters. The summed E-state index contributed by atoms with van der Waals surface area (Å²) in [5, 5.41) is 2.89. The van der Waals surface area contributed by atoms with Gasteiger partial charge in [0.1, 0.15) is 0 Å². The maximum absolute atomic E-state index is 12.3. The van der Waals surface area contributed by atoms with Crippen LogP contribution in [-0.2, 0) is 10.0 Å². The lowest BCUT2D eigenvalue weighted by Crippen LogP contribution is -2.45. The Morgan fingerprint density at radius 2 is 2.00 bits per heavy atom. The summed E-state index contributed by atoms with van der Waals surface area (Å²) >= 11 is 0. The number of sulfonamides is 1. The Hall–Kier alpha value is -0.910. The zero-order chi connectivity index (χ0) is 13.3. The molecule has 1 aromatic rings. The monoisotopic (exact) mass is 280 g/mol. The Labute approximate surface area is 114 Å². The van der Waals surface area contributed by atoms with Crippen LogP contribution in [0.15, 0.2) is 30.3 Å². The van der Waals surface area contributed by atoms with Crippen LogP contribution >= 0.6 is 0 Å². The van der Waals surface area contributed by atoms with E-state index in [1.165, 1.54) is 5.56 Å². The topological polar surface area (TPSA) is 58.2 Å². The predicted molar refractivity (Wildman–Crippen MR) is 75.5 cm³/mol. The molecule has 4 nitrogen and oxygen atoms in total. The van der Waals surface area contributed by atoms with Gasteiger partial charge in [-0.3, -0.25) is 0 Å². The molecule has 2 N–H and O–H groups in total. The average Bonchev–Trinajstić information content (AvgIpc) is 3.19. The fraction of sp³-hybridized carbons (Fsp3) is 0.571. The predicted octanol–water partition coefficient (Wildman–Crippen LogP) is 1.21. The van der Waals surface area contributed by atoms with Gasteiger partial charge >= 0.3 is 0 Å². The van der Waals surface area contributed by atoms with Crippen LogP contribution in [0.5, 0.6) is 0 Å². The summed E-state index contributed by atoms with van der Waals surface area (Å²) < 4.78 is 27.4. The molecule has 0 radical (unpaired) electrons. The fourth-order valence-electron chi connectivity index (χ4n) is 2.79. The fourth-order valence-corrected chi connectivity index (χ4v) is 4.47. The molecule has 1 saturated heterocycles. The molecule has 3 rings (SSSR count). The minimum Gasteiger partial charge on any atom is -0.315 e. The van der Waals surface area contributed by atoms with Crippen LogP contribution in [0.2, 0.25) is 0 Å². The van der Waals surface area contributed by atoms with Gasteiger partial charge in [0.2, 0.25) is 10.0 Å². The molecule has 0 aromatic heterocycles. The summed E-state index contributed by atoms with van der Waals surface area (Å²) in [6.45, 7) is 1.51. The summed E-state index contributed by atoms with van der Waals surface area (Å²) in [6, 6.07) is 10.2. The molecule has 3 unspecified atom stereocenters. The smallest absolute Gasteiger partial charge is 0.216 e. The van der Waals surface area contributed by atoms with E-state index >= 15 is 0 Å². The van der Waals surface area contributed by atoms with Gasteiger partial charge < -0.3 is 5.32 Å². The van der Waals surface area contributed by atoms with Gasteiger partial charge in [-0.25, -0.2) is 13.1 Å².